The second-order valence-corrected chi connectivity index (χ2v) is 5.55. The number of carboxylic acids is 1. The van der Waals surface area contributed by atoms with Gasteiger partial charge in [-0.2, -0.15) is 0 Å². The van der Waals surface area contributed by atoms with Crippen LogP contribution >= 0.6 is 27.3 Å². The highest BCUT2D eigenvalue weighted by Gasteiger charge is 2.47. The molecule has 0 aromatic carbocycles. The zero-order valence-electron chi connectivity index (χ0n) is 8.94. The summed E-state index contributed by atoms with van der Waals surface area (Å²) in [5.74, 6) is -0.737. The van der Waals surface area contributed by atoms with Crippen molar-refractivity contribution in [3.05, 3.63) is 9.98 Å². The highest BCUT2D eigenvalue weighted by atomic mass is 79.9. The summed E-state index contributed by atoms with van der Waals surface area (Å²) in [6.45, 7) is 2.70. The third kappa shape index (κ3) is 1.73. The Balaban J connectivity index is 2.36. The molecule has 1 fully saturated rings. The Morgan fingerprint density at radius 1 is 1.81 bits per heavy atom. The van der Waals surface area contributed by atoms with Crippen molar-refractivity contribution in [3.63, 3.8) is 0 Å². The van der Waals surface area contributed by atoms with Gasteiger partial charge in [-0.05, 0) is 35.2 Å². The predicted molar refractivity (Wildman–Crippen MR) is 67.1 cm³/mol. The molecule has 1 aliphatic rings. The summed E-state index contributed by atoms with van der Waals surface area (Å²) in [6.07, 6.45) is 2.23. The first kappa shape index (κ1) is 11.9. The molecule has 1 atom stereocenters. The van der Waals surface area contributed by atoms with Crippen molar-refractivity contribution in [2.75, 3.05) is 11.4 Å². The van der Waals surface area contributed by atoms with E-state index in [1.807, 2.05) is 17.2 Å². The van der Waals surface area contributed by atoms with E-state index >= 15 is 0 Å². The van der Waals surface area contributed by atoms with Crippen LogP contribution < -0.4 is 4.90 Å². The van der Waals surface area contributed by atoms with Gasteiger partial charge in [0.25, 0.3) is 0 Å². The van der Waals surface area contributed by atoms with Gasteiger partial charge in [-0.15, -0.1) is 11.3 Å². The first-order chi connectivity index (χ1) is 7.60. The molecule has 0 saturated carbocycles. The molecule has 2 heterocycles. The third-order valence-corrected chi connectivity index (χ3v) is 4.74. The predicted octanol–water partition coefficient (Wildman–Crippen LogP) is 2.74. The van der Waals surface area contributed by atoms with E-state index < -0.39 is 11.5 Å². The highest BCUT2D eigenvalue weighted by molar-refractivity contribution is 9.10. The zero-order chi connectivity index (χ0) is 11.8. The summed E-state index contributed by atoms with van der Waals surface area (Å²) < 4.78 is 0.773. The fourth-order valence-corrected chi connectivity index (χ4v) is 3.63. The normalized spacial score (nSPS) is 25.0. The number of carboxylic acid groups (broad SMARTS) is 1. The van der Waals surface area contributed by atoms with Gasteiger partial charge in [0.05, 0.1) is 0 Å². The quantitative estimate of drug-likeness (QED) is 0.933. The monoisotopic (exact) mass is 304 g/mol. The first-order valence-corrected chi connectivity index (χ1v) is 6.89. The number of hydrogen-bond acceptors (Lipinski definition) is 4. The van der Waals surface area contributed by atoms with E-state index in [9.17, 15) is 9.90 Å². The van der Waals surface area contributed by atoms with E-state index in [2.05, 4.69) is 20.9 Å². The summed E-state index contributed by atoms with van der Waals surface area (Å²) in [7, 11) is 0. The van der Waals surface area contributed by atoms with E-state index in [-0.39, 0.29) is 0 Å². The number of thiazole rings is 1. The van der Waals surface area contributed by atoms with Crippen molar-refractivity contribution in [1.29, 1.82) is 0 Å². The van der Waals surface area contributed by atoms with Crippen LogP contribution in [-0.2, 0) is 4.79 Å². The van der Waals surface area contributed by atoms with Crippen LogP contribution in [0.4, 0.5) is 5.13 Å². The maximum absolute atomic E-state index is 11.5. The summed E-state index contributed by atoms with van der Waals surface area (Å²) >= 11 is 4.79. The molecule has 0 bridgehead atoms. The highest BCUT2D eigenvalue weighted by Crippen LogP contribution is 2.38. The number of halogens is 1. The van der Waals surface area contributed by atoms with E-state index in [0.29, 0.717) is 12.8 Å². The second-order valence-electron chi connectivity index (χ2n) is 3.90. The molecule has 1 aromatic heterocycles. The standard InChI is InChI=1S/C10H13BrN2O2S/c1-2-10(8(14)15)4-3-5-13(10)9-12-7(11)6-16-9/h6H,2-5H2,1H3,(H,14,15). The Labute approximate surface area is 106 Å². The lowest BCUT2D eigenvalue weighted by atomic mass is 9.93. The number of aliphatic carboxylic acids is 1. The minimum Gasteiger partial charge on any atom is -0.479 e. The largest absolute Gasteiger partial charge is 0.479 e. The molecule has 1 aromatic rings. The van der Waals surface area contributed by atoms with Gasteiger partial charge in [0, 0.05) is 11.9 Å². The van der Waals surface area contributed by atoms with Crippen molar-refractivity contribution in [2.24, 2.45) is 0 Å². The molecule has 16 heavy (non-hydrogen) atoms. The van der Waals surface area contributed by atoms with Gasteiger partial charge in [-0.1, -0.05) is 6.92 Å². The Morgan fingerprint density at radius 3 is 3.06 bits per heavy atom. The summed E-state index contributed by atoms with van der Waals surface area (Å²) in [4.78, 5) is 17.7. The molecule has 0 radical (unpaired) electrons. The molecule has 0 spiro atoms. The van der Waals surface area contributed by atoms with Gasteiger partial charge in [0.15, 0.2) is 5.13 Å². The molecule has 0 amide bonds. The number of carbonyl (C=O) groups is 1. The van der Waals surface area contributed by atoms with E-state index in [4.69, 9.17) is 0 Å². The maximum atomic E-state index is 11.5. The Bertz CT molecular complexity index is 409. The average molecular weight is 305 g/mol. The van der Waals surface area contributed by atoms with Crippen molar-refractivity contribution in [1.82, 2.24) is 4.98 Å². The molecular weight excluding hydrogens is 292 g/mol. The summed E-state index contributed by atoms with van der Waals surface area (Å²) in [5.41, 5.74) is -0.753. The van der Waals surface area contributed by atoms with Gasteiger partial charge in [-0.25, -0.2) is 9.78 Å². The van der Waals surface area contributed by atoms with E-state index in [0.717, 1.165) is 22.7 Å². The molecule has 1 unspecified atom stereocenters. The number of anilines is 1. The van der Waals surface area contributed by atoms with Crippen molar-refractivity contribution >= 4 is 38.4 Å². The van der Waals surface area contributed by atoms with Gasteiger partial charge in [0.1, 0.15) is 10.1 Å². The van der Waals surface area contributed by atoms with Gasteiger partial charge >= 0.3 is 5.97 Å². The lowest BCUT2D eigenvalue weighted by Crippen LogP contribution is -2.50. The van der Waals surface area contributed by atoms with Crippen molar-refractivity contribution in [2.45, 2.75) is 31.7 Å². The molecular formula is C10H13BrN2O2S. The topological polar surface area (TPSA) is 53.4 Å². The van der Waals surface area contributed by atoms with Gasteiger partial charge in [-0.3, -0.25) is 0 Å². The third-order valence-electron chi connectivity index (χ3n) is 3.17. The van der Waals surface area contributed by atoms with Crippen molar-refractivity contribution in [3.8, 4) is 0 Å². The van der Waals surface area contributed by atoms with E-state index in [1.54, 1.807) is 0 Å². The number of hydrogen-bond donors (Lipinski definition) is 1. The maximum Gasteiger partial charge on any atom is 0.329 e. The van der Waals surface area contributed by atoms with E-state index in [1.165, 1.54) is 11.3 Å². The van der Waals surface area contributed by atoms with Crippen LogP contribution in [0.3, 0.4) is 0 Å². The Morgan fingerprint density at radius 2 is 2.56 bits per heavy atom. The number of nitrogens with zero attached hydrogens (tertiary/aromatic N) is 2. The molecule has 0 aliphatic carbocycles. The Kier molecular flexibility index (Phi) is 3.21. The minimum atomic E-state index is -0.753. The molecule has 1 N–H and O–H groups in total. The summed E-state index contributed by atoms with van der Waals surface area (Å²) in [6, 6.07) is 0. The van der Waals surface area contributed by atoms with Crippen LogP contribution in [-0.4, -0.2) is 28.1 Å². The molecule has 6 heteroatoms. The minimum absolute atomic E-state index is 0.611. The van der Waals surface area contributed by atoms with Crippen LogP contribution in [0.1, 0.15) is 26.2 Å². The molecule has 2 rings (SSSR count). The zero-order valence-corrected chi connectivity index (χ0v) is 11.3. The van der Waals surface area contributed by atoms with Crippen molar-refractivity contribution < 1.29 is 9.90 Å². The smallest absolute Gasteiger partial charge is 0.329 e. The lowest BCUT2D eigenvalue weighted by molar-refractivity contribution is -0.143. The van der Waals surface area contributed by atoms with Crippen LogP contribution in [0.15, 0.2) is 9.98 Å². The molecule has 1 saturated heterocycles. The van der Waals surface area contributed by atoms with Crippen LogP contribution in [0, 0.1) is 0 Å². The van der Waals surface area contributed by atoms with Gasteiger partial charge in [0.2, 0.25) is 0 Å². The fraction of sp³-hybridized carbons (Fsp3) is 0.600. The second kappa shape index (κ2) is 4.33. The molecule has 1 aliphatic heterocycles. The lowest BCUT2D eigenvalue weighted by Gasteiger charge is -2.33. The van der Waals surface area contributed by atoms with Crippen LogP contribution in [0.5, 0.6) is 0 Å². The Hall–Kier alpha value is -0.620. The van der Waals surface area contributed by atoms with Crippen LogP contribution in [0.25, 0.3) is 0 Å². The fourth-order valence-electron chi connectivity index (χ4n) is 2.27. The number of aromatic nitrogens is 1. The molecule has 88 valence electrons. The van der Waals surface area contributed by atoms with Gasteiger partial charge < -0.3 is 10.0 Å². The SMILES string of the molecule is CCC1(C(=O)O)CCCN1c1nc(Br)cs1. The van der Waals surface area contributed by atoms with Crippen LogP contribution in [0.2, 0.25) is 0 Å². The summed E-state index contributed by atoms with van der Waals surface area (Å²) in [5, 5.41) is 12.1. The first-order valence-electron chi connectivity index (χ1n) is 5.22. The number of rotatable bonds is 3. The average Bonchev–Trinajstić information content (AvgIpc) is 2.83. The molecule has 4 nitrogen and oxygen atoms in total.